The minimum atomic E-state index is -0.276. The van der Waals surface area contributed by atoms with E-state index in [0.717, 1.165) is 35.4 Å². The maximum Gasteiger partial charge on any atom is 0.272 e. The number of hydrogen-bond acceptors (Lipinski definition) is 4. The van der Waals surface area contributed by atoms with E-state index in [2.05, 4.69) is 34.9 Å². The number of aromatic amines is 2. The van der Waals surface area contributed by atoms with Crippen molar-refractivity contribution in [3.63, 3.8) is 0 Å². The molecule has 0 aliphatic rings. The molecule has 224 valence electrons. The van der Waals surface area contributed by atoms with Crippen molar-refractivity contribution in [1.29, 1.82) is 0 Å². The molecular weight excluding hydrogens is 526 g/mol. The Labute approximate surface area is 250 Å². The third-order valence-electron chi connectivity index (χ3n) is 7.76. The maximum atomic E-state index is 13.2. The summed E-state index contributed by atoms with van der Waals surface area (Å²) in [5.74, 6) is 0. The summed E-state index contributed by atoms with van der Waals surface area (Å²) >= 11 is 1.70. The molecule has 0 aliphatic heterocycles. The second kappa shape index (κ2) is 19.4. The molecule has 5 nitrogen and oxygen atoms in total. The second-order valence-electron chi connectivity index (χ2n) is 11.3. The Morgan fingerprint density at radius 3 is 2.00 bits per heavy atom. The first-order valence-electron chi connectivity index (χ1n) is 16.2. The zero-order valence-electron chi connectivity index (χ0n) is 25.4. The van der Waals surface area contributed by atoms with Crippen molar-refractivity contribution in [2.75, 3.05) is 0 Å². The molecule has 3 aromatic rings. The summed E-state index contributed by atoms with van der Waals surface area (Å²) in [6.45, 7) is 4.50. The van der Waals surface area contributed by atoms with Gasteiger partial charge in [0.2, 0.25) is 0 Å². The van der Waals surface area contributed by atoms with Crippen LogP contribution in [0.2, 0.25) is 0 Å². The lowest BCUT2D eigenvalue weighted by Crippen LogP contribution is -2.47. The number of hydrogen-bond donors (Lipinski definition) is 2. The van der Waals surface area contributed by atoms with Crippen LogP contribution < -0.4 is 21.8 Å². The summed E-state index contributed by atoms with van der Waals surface area (Å²) in [5, 5.41) is 0.628. The smallest absolute Gasteiger partial charge is 0.272 e. The number of pyridine rings is 1. The van der Waals surface area contributed by atoms with Crippen molar-refractivity contribution in [2.45, 2.75) is 129 Å². The first-order valence-corrected chi connectivity index (χ1v) is 17.0. The second-order valence-corrected chi connectivity index (χ2v) is 12.5. The number of nitrogens with one attached hydrogen (secondary N) is 2. The first-order chi connectivity index (χ1) is 20.1. The summed E-state index contributed by atoms with van der Waals surface area (Å²) < 4.78 is 0. The minimum absolute atomic E-state index is 0.271. The summed E-state index contributed by atoms with van der Waals surface area (Å²) in [5.41, 5.74) is 1.01. The van der Waals surface area contributed by atoms with Gasteiger partial charge in [0, 0.05) is 21.5 Å². The van der Waals surface area contributed by atoms with Crippen LogP contribution in [-0.2, 0) is 6.42 Å². The third kappa shape index (κ3) is 12.0. The molecule has 0 amide bonds. The van der Waals surface area contributed by atoms with Crippen LogP contribution in [0.4, 0.5) is 0 Å². The van der Waals surface area contributed by atoms with E-state index in [4.69, 9.17) is 0 Å². The fourth-order valence-corrected chi connectivity index (χ4v) is 6.33. The van der Waals surface area contributed by atoms with Gasteiger partial charge in [-0.1, -0.05) is 110 Å². The quantitative estimate of drug-likeness (QED) is 0.135. The van der Waals surface area contributed by atoms with Gasteiger partial charge in [-0.25, -0.2) is 0 Å². The Bertz CT molecular complexity index is 1370. The monoisotopic (exact) mass is 577 g/mol. The number of aromatic nitrogens is 3. The molecule has 0 aliphatic carbocycles. The van der Waals surface area contributed by atoms with Crippen molar-refractivity contribution >= 4 is 23.0 Å². The molecular formula is C35H51N3O2S. The van der Waals surface area contributed by atoms with Gasteiger partial charge in [0.05, 0.1) is 5.69 Å². The number of aryl methyl sites for hydroxylation is 1. The molecule has 0 unspecified atom stereocenters. The highest BCUT2D eigenvalue weighted by Crippen LogP contribution is 2.20. The van der Waals surface area contributed by atoms with E-state index >= 15 is 0 Å². The molecule has 0 spiro atoms. The highest BCUT2D eigenvalue weighted by molar-refractivity contribution is 7.12. The van der Waals surface area contributed by atoms with Crippen LogP contribution in [0.25, 0.3) is 11.6 Å². The van der Waals surface area contributed by atoms with Crippen molar-refractivity contribution in [2.24, 2.45) is 0 Å². The van der Waals surface area contributed by atoms with Gasteiger partial charge in [-0.2, -0.15) is 0 Å². The van der Waals surface area contributed by atoms with Crippen LogP contribution in [0, 0.1) is 0 Å². The van der Waals surface area contributed by atoms with Crippen molar-refractivity contribution < 1.29 is 0 Å². The molecule has 0 fully saturated rings. The normalized spacial score (nSPS) is 12.7. The standard InChI is InChI=1S/C35H51N3O2S/c1-3-5-7-9-11-12-13-14-16-18-22-30(31-23-19-20-26-36-31)33-35(40)37-32(34(39)38-33)27-29-25-24-28(41-29)21-17-15-10-8-6-4-2/h19-20,23-27H,3-18,21-22H2,1-2H3,(H,37,40)(H,38,39)/b32-27-,33-30-. The Hall–Kier alpha value is -2.73. The summed E-state index contributed by atoms with van der Waals surface area (Å²) in [6.07, 6.45) is 25.5. The maximum absolute atomic E-state index is 13.2. The van der Waals surface area contributed by atoms with E-state index in [-0.39, 0.29) is 11.1 Å². The predicted octanol–water partition coefficient (Wildman–Crippen LogP) is 7.76. The van der Waals surface area contributed by atoms with Crippen molar-refractivity contribution in [3.05, 3.63) is 83.4 Å². The lowest BCUT2D eigenvalue weighted by Gasteiger charge is -2.07. The number of H-pyrrole nitrogens is 2. The molecule has 41 heavy (non-hydrogen) atoms. The summed E-state index contributed by atoms with van der Waals surface area (Å²) in [7, 11) is 0. The van der Waals surface area contributed by atoms with Crippen molar-refractivity contribution in [3.8, 4) is 0 Å². The van der Waals surface area contributed by atoms with Crippen LogP contribution in [0.1, 0.15) is 138 Å². The Kier molecular flexibility index (Phi) is 15.5. The van der Waals surface area contributed by atoms with Gasteiger partial charge in [0.1, 0.15) is 10.7 Å². The van der Waals surface area contributed by atoms with E-state index in [1.165, 1.54) is 94.8 Å². The Balaban J connectivity index is 1.67. The molecule has 0 aromatic carbocycles. The fraction of sp³-hybridized carbons (Fsp3) is 0.571. The molecule has 2 N–H and O–H groups in total. The van der Waals surface area contributed by atoms with E-state index in [0.29, 0.717) is 17.1 Å². The van der Waals surface area contributed by atoms with Gasteiger partial charge in [0.25, 0.3) is 11.1 Å². The Morgan fingerprint density at radius 2 is 1.37 bits per heavy atom. The van der Waals surface area contributed by atoms with Crippen LogP contribution in [0.15, 0.2) is 46.1 Å². The minimum Gasteiger partial charge on any atom is -0.316 e. The number of unbranched alkanes of at least 4 members (excludes halogenated alkanes) is 14. The third-order valence-corrected chi connectivity index (χ3v) is 8.85. The van der Waals surface area contributed by atoms with E-state index in [1.807, 2.05) is 24.3 Å². The van der Waals surface area contributed by atoms with E-state index in [1.54, 1.807) is 23.6 Å². The number of nitrogens with zero attached hydrogens (tertiary/aromatic N) is 1. The van der Waals surface area contributed by atoms with Crippen LogP contribution in [0.5, 0.6) is 0 Å². The van der Waals surface area contributed by atoms with Gasteiger partial charge < -0.3 is 9.97 Å². The van der Waals surface area contributed by atoms with E-state index in [9.17, 15) is 9.59 Å². The molecule has 6 heteroatoms. The zero-order valence-corrected chi connectivity index (χ0v) is 26.3. The highest BCUT2D eigenvalue weighted by atomic mass is 32.1. The Morgan fingerprint density at radius 1 is 0.732 bits per heavy atom. The lowest BCUT2D eigenvalue weighted by molar-refractivity contribution is 0.558. The molecule has 0 radical (unpaired) electrons. The van der Waals surface area contributed by atoms with Crippen LogP contribution in [-0.4, -0.2) is 15.0 Å². The highest BCUT2D eigenvalue weighted by Gasteiger charge is 2.09. The average molecular weight is 578 g/mol. The SMILES string of the molecule is CCCCCCCCCCCC/C(c1ccccn1)=c1/[nH]c(=O)/c(=C/c2ccc(CCCCCCCC)s2)[nH]c1=O. The number of rotatable bonds is 20. The summed E-state index contributed by atoms with van der Waals surface area (Å²) in [4.78, 5) is 38.9. The number of thiophene rings is 1. The van der Waals surface area contributed by atoms with Gasteiger partial charge >= 0.3 is 0 Å². The van der Waals surface area contributed by atoms with Gasteiger partial charge in [-0.15, -0.1) is 11.3 Å². The molecule has 0 saturated heterocycles. The van der Waals surface area contributed by atoms with Crippen molar-refractivity contribution in [1.82, 2.24) is 15.0 Å². The van der Waals surface area contributed by atoms with Gasteiger partial charge in [-0.3, -0.25) is 14.6 Å². The molecule has 0 saturated carbocycles. The molecule has 3 rings (SSSR count). The lowest BCUT2D eigenvalue weighted by atomic mass is 10.0. The molecule has 0 bridgehead atoms. The largest absolute Gasteiger partial charge is 0.316 e. The van der Waals surface area contributed by atoms with Gasteiger partial charge in [0.15, 0.2) is 0 Å². The fourth-order valence-electron chi connectivity index (χ4n) is 5.33. The van der Waals surface area contributed by atoms with E-state index < -0.39 is 0 Å². The summed E-state index contributed by atoms with van der Waals surface area (Å²) in [6, 6.07) is 9.89. The van der Waals surface area contributed by atoms with Gasteiger partial charge in [-0.05, 0) is 56.0 Å². The molecule has 3 heterocycles. The predicted molar refractivity (Wildman–Crippen MR) is 175 cm³/mol. The molecule has 0 atom stereocenters. The zero-order chi connectivity index (χ0) is 29.1. The average Bonchev–Trinajstić information content (AvgIpc) is 3.43. The topological polar surface area (TPSA) is 78.6 Å². The molecule has 3 aromatic heterocycles. The first kappa shape index (κ1) is 32.8. The van der Waals surface area contributed by atoms with Crippen LogP contribution >= 0.6 is 11.3 Å². The van der Waals surface area contributed by atoms with Crippen LogP contribution in [0.3, 0.4) is 0 Å².